The molecule has 17 heavy (non-hydrogen) atoms. The summed E-state index contributed by atoms with van der Waals surface area (Å²) in [6, 6.07) is 7.23. The van der Waals surface area contributed by atoms with Crippen LogP contribution in [0.5, 0.6) is 0 Å². The number of urea groups is 1. The van der Waals surface area contributed by atoms with Gasteiger partial charge in [-0.2, -0.15) is 0 Å². The first-order chi connectivity index (χ1) is 8.22. The molecule has 0 aliphatic rings. The first-order valence-corrected chi connectivity index (χ1v) is 6.74. The maximum Gasteiger partial charge on any atom is 0.343 e. The van der Waals surface area contributed by atoms with Gasteiger partial charge in [-0.25, -0.2) is 10.3 Å². The highest BCUT2D eigenvalue weighted by Gasteiger charge is 2.01. The number of hydroxylamine groups is 1. The lowest BCUT2D eigenvalue weighted by Crippen LogP contribution is -2.29. The second-order valence-corrected chi connectivity index (χ2v) is 4.87. The van der Waals surface area contributed by atoms with Crippen molar-refractivity contribution in [2.75, 3.05) is 11.9 Å². The van der Waals surface area contributed by atoms with Crippen LogP contribution in [-0.2, 0) is 4.84 Å². The quantitative estimate of drug-likeness (QED) is 0.469. The minimum atomic E-state index is -0.344. The molecule has 1 aromatic rings. The van der Waals surface area contributed by atoms with Crippen molar-refractivity contribution in [3.05, 3.63) is 27.8 Å². The van der Waals surface area contributed by atoms with E-state index in [0.717, 1.165) is 28.5 Å². The van der Waals surface area contributed by atoms with Gasteiger partial charge in [-0.3, -0.25) is 4.84 Å². The minimum Gasteiger partial charge on any atom is -0.306 e. The molecule has 0 atom stereocenters. The van der Waals surface area contributed by atoms with Crippen molar-refractivity contribution in [1.82, 2.24) is 5.48 Å². The van der Waals surface area contributed by atoms with Crippen LogP contribution in [0.4, 0.5) is 10.5 Å². The maximum absolute atomic E-state index is 11.4. The number of hydrogen-bond acceptors (Lipinski definition) is 2. The lowest BCUT2D eigenvalue weighted by molar-refractivity contribution is 0.0634. The molecule has 0 saturated carbocycles. The molecule has 5 heteroatoms. The zero-order valence-corrected chi connectivity index (χ0v) is 12.0. The number of unbranched alkanes of at least 4 members (excludes halogenated alkanes) is 2. The molecule has 0 unspecified atom stereocenters. The molecule has 0 spiro atoms. The van der Waals surface area contributed by atoms with E-state index in [0.29, 0.717) is 6.61 Å². The molecular weight excluding hydrogens is 331 g/mol. The second-order valence-electron chi connectivity index (χ2n) is 3.62. The highest BCUT2D eigenvalue weighted by Crippen LogP contribution is 2.11. The summed E-state index contributed by atoms with van der Waals surface area (Å²) in [4.78, 5) is 16.4. The van der Waals surface area contributed by atoms with E-state index in [1.165, 1.54) is 0 Å². The average Bonchev–Trinajstić information content (AvgIpc) is 2.29. The molecule has 0 saturated heterocycles. The summed E-state index contributed by atoms with van der Waals surface area (Å²) >= 11 is 2.19. The van der Waals surface area contributed by atoms with Gasteiger partial charge in [0.15, 0.2) is 0 Å². The SMILES string of the molecule is CCCCCONC(=O)Nc1cccc(I)c1. The van der Waals surface area contributed by atoms with Gasteiger partial charge in [-0.15, -0.1) is 0 Å². The van der Waals surface area contributed by atoms with Crippen LogP contribution in [0.2, 0.25) is 0 Å². The molecule has 2 N–H and O–H groups in total. The van der Waals surface area contributed by atoms with Crippen molar-refractivity contribution in [2.45, 2.75) is 26.2 Å². The van der Waals surface area contributed by atoms with Crippen LogP contribution in [0, 0.1) is 3.57 Å². The zero-order chi connectivity index (χ0) is 12.5. The van der Waals surface area contributed by atoms with Gasteiger partial charge in [0.2, 0.25) is 0 Å². The average molecular weight is 348 g/mol. The molecule has 0 fully saturated rings. The molecule has 0 aliphatic heterocycles. The van der Waals surface area contributed by atoms with Gasteiger partial charge in [0.25, 0.3) is 0 Å². The van der Waals surface area contributed by atoms with Crippen molar-refractivity contribution < 1.29 is 9.63 Å². The monoisotopic (exact) mass is 348 g/mol. The van der Waals surface area contributed by atoms with Gasteiger partial charge in [0.1, 0.15) is 0 Å². The Morgan fingerprint density at radius 1 is 1.41 bits per heavy atom. The molecule has 1 rings (SSSR count). The third-order valence-electron chi connectivity index (χ3n) is 2.10. The number of benzene rings is 1. The number of nitrogens with one attached hydrogen (secondary N) is 2. The lowest BCUT2D eigenvalue weighted by Gasteiger charge is -2.07. The Morgan fingerprint density at radius 3 is 2.94 bits per heavy atom. The van der Waals surface area contributed by atoms with E-state index in [9.17, 15) is 4.79 Å². The fourth-order valence-electron chi connectivity index (χ4n) is 1.26. The summed E-state index contributed by atoms with van der Waals surface area (Å²) in [6.45, 7) is 2.67. The Balaban J connectivity index is 2.21. The number of hydrogen-bond donors (Lipinski definition) is 2. The van der Waals surface area contributed by atoms with Crippen LogP contribution in [0.25, 0.3) is 0 Å². The van der Waals surface area contributed by atoms with Gasteiger partial charge >= 0.3 is 6.03 Å². The Kier molecular flexibility index (Phi) is 6.95. The topological polar surface area (TPSA) is 50.4 Å². The van der Waals surface area contributed by atoms with Gasteiger partial charge in [0, 0.05) is 9.26 Å². The van der Waals surface area contributed by atoms with Crippen LogP contribution >= 0.6 is 22.6 Å². The van der Waals surface area contributed by atoms with Crippen LogP contribution in [0.1, 0.15) is 26.2 Å². The van der Waals surface area contributed by atoms with Crippen LogP contribution in [-0.4, -0.2) is 12.6 Å². The van der Waals surface area contributed by atoms with Gasteiger partial charge in [-0.1, -0.05) is 25.8 Å². The first-order valence-electron chi connectivity index (χ1n) is 5.66. The molecule has 0 aliphatic carbocycles. The molecule has 0 aromatic heterocycles. The third kappa shape index (κ3) is 6.48. The van der Waals surface area contributed by atoms with E-state index in [-0.39, 0.29) is 6.03 Å². The molecule has 1 aromatic carbocycles. The Morgan fingerprint density at radius 2 is 2.24 bits per heavy atom. The number of halogens is 1. The summed E-state index contributed by atoms with van der Waals surface area (Å²) in [5, 5.41) is 2.69. The molecule has 4 nitrogen and oxygen atoms in total. The normalized spacial score (nSPS) is 10.0. The van der Waals surface area contributed by atoms with E-state index in [1.807, 2.05) is 24.3 Å². The van der Waals surface area contributed by atoms with Crippen molar-refractivity contribution in [2.24, 2.45) is 0 Å². The predicted molar refractivity (Wildman–Crippen MR) is 76.8 cm³/mol. The largest absolute Gasteiger partial charge is 0.343 e. The lowest BCUT2D eigenvalue weighted by atomic mass is 10.3. The van der Waals surface area contributed by atoms with E-state index in [2.05, 4.69) is 40.3 Å². The fraction of sp³-hybridized carbons (Fsp3) is 0.417. The fourth-order valence-corrected chi connectivity index (χ4v) is 1.81. The Bertz CT molecular complexity index is 358. The highest BCUT2D eigenvalue weighted by molar-refractivity contribution is 14.1. The van der Waals surface area contributed by atoms with Crippen LogP contribution in [0.15, 0.2) is 24.3 Å². The summed E-state index contributed by atoms with van der Waals surface area (Å²) in [5.74, 6) is 0. The molecular formula is C12H17IN2O2. The Labute approximate surface area is 115 Å². The summed E-state index contributed by atoms with van der Waals surface area (Å²) in [6.07, 6.45) is 3.21. The van der Waals surface area contributed by atoms with Crippen molar-refractivity contribution in [3.8, 4) is 0 Å². The zero-order valence-electron chi connectivity index (χ0n) is 9.83. The van der Waals surface area contributed by atoms with Crippen molar-refractivity contribution >= 4 is 34.3 Å². The van der Waals surface area contributed by atoms with Gasteiger partial charge in [0.05, 0.1) is 6.61 Å². The molecule has 0 heterocycles. The second kappa shape index (κ2) is 8.30. The van der Waals surface area contributed by atoms with Crippen molar-refractivity contribution in [3.63, 3.8) is 0 Å². The van der Waals surface area contributed by atoms with E-state index in [1.54, 1.807) is 0 Å². The standard InChI is InChI=1S/C12H17IN2O2/c1-2-3-4-8-17-15-12(16)14-11-7-5-6-10(13)9-11/h5-7,9H,2-4,8H2,1H3,(H2,14,15,16). The highest BCUT2D eigenvalue weighted by atomic mass is 127. The summed E-state index contributed by atoms with van der Waals surface area (Å²) in [7, 11) is 0. The number of carbonyl (C=O) groups excluding carboxylic acids is 1. The summed E-state index contributed by atoms with van der Waals surface area (Å²) < 4.78 is 1.07. The number of carbonyl (C=O) groups is 1. The predicted octanol–water partition coefficient (Wildman–Crippen LogP) is 3.53. The Hall–Kier alpha value is -0.820. The van der Waals surface area contributed by atoms with Gasteiger partial charge in [-0.05, 0) is 47.2 Å². The molecule has 2 amide bonds. The van der Waals surface area contributed by atoms with E-state index < -0.39 is 0 Å². The smallest absolute Gasteiger partial charge is 0.306 e. The number of amides is 2. The molecule has 0 bridgehead atoms. The summed E-state index contributed by atoms with van der Waals surface area (Å²) in [5.41, 5.74) is 3.11. The maximum atomic E-state index is 11.4. The number of rotatable bonds is 6. The molecule has 0 radical (unpaired) electrons. The van der Waals surface area contributed by atoms with Crippen LogP contribution < -0.4 is 10.8 Å². The van der Waals surface area contributed by atoms with E-state index in [4.69, 9.17) is 4.84 Å². The first kappa shape index (κ1) is 14.2. The molecule has 94 valence electrons. The third-order valence-corrected chi connectivity index (χ3v) is 2.77. The van der Waals surface area contributed by atoms with Crippen molar-refractivity contribution in [1.29, 1.82) is 0 Å². The van der Waals surface area contributed by atoms with Crippen LogP contribution in [0.3, 0.4) is 0 Å². The number of anilines is 1. The van der Waals surface area contributed by atoms with Gasteiger partial charge < -0.3 is 5.32 Å². The van der Waals surface area contributed by atoms with E-state index >= 15 is 0 Å². The minimum absolute atomic E-state index is 0.344.